The lowest BCUT2D eigenvalue weighted by molar-refractivity contribution is -0.130. The Morgan fingerprint density at radius 2 is 1.92 bits per heavy atom. The lowest BCUT2D eigenvalue weighted by Crippen LogP contribution is -2.33. The van der Waals surface area contributed by atoms with Crippen LogP contribution in [0.1, 0.15) is 32.6 Å². The van der Waals surface area contributed by atoms with E-state index in [9.17, 15) is 13.2 Å². The molecule has 0 unspecified atom stereocenters. The summed E-state index contributed by atoms with van der Waals surface area (Å²) in [6.45, 7) is 4.23. The van der Waals surface area contributed by atoms with Crippen LogP contribution < -0.4 is 9.04 Å². The summed E-state index contributed by atoms with van der Waals surface area (Å²) in [5.41, 5.74) is 0.524. The SMILES string of the molecule is CCOc1ccccc1N(CCCC(=O)N1CCCC1)S(C)(=O)=O. The molecule has 1 aromatic rings. The quantitative estimate of drug-likeness (QED) is 0.718. The highest BCUT2D eigenvalue weighted by atomic mass is 32.2. The average molecular weight is 354 g/mol. The first-order chi connectivity index (χ1) is 11.4. The lowest BCUT2D eigenvalue weighted by atomic mass is 10.2. The maximum atomic E-state index is 12.2. The van der Waals surface area contributed by atoms with Crippen LogP contribution in [0.5, 0.6) is 5.75 Å². The van der Waals surface area contributed by atoms with Gasteiger partial charge in [-0.25, -0.2) is 8.42 Å². The van der Waals surface area contributed by atoms with Crippen molar-refractivity contribution in [2.75, 3.05) is 36.8 Å². The molecular formula is C17H26N2O4S. The van der Waals surface area contributed by atoms with Gasteiger partial charge in [-0.2, -0.15) is 0 Å². The molecule has 0 spiro atoms. The lowest BCUT2D eigenvalue weighted by Gasteiger charge is -2.25. The Bertz CT molecular complexity index is 654. The van der Waals surface area contributed by atoms with Crippen molar-refractivity contribution in [3.8, 4) is 5.75 Å². The molecular weight excluding hydrogens is 328 g/mol. The normalized spacial score (nSPS) is 14.7. The second-order valence-corrected chi connectivity index (χ2v) is 7.83. The van der Waals surface area contributed by atoms with Gasteiger partial charge in [-0.15, -0.1) is 0 Å². The Morgan fingerprint density at radius 3 is 2.54 bits per heavy atom. The van der Waals surface area contributed by atoms with Gasteiger partial charge in [-0.05, 0) is 38.3 Å². The van der Waals surface area contributed by atoms with E-state index in [1.807, 2.05) is 17.9 Å². The maximum Gasteiger partial charge on any atom is 0.232 e. The van der Waals surface area contributed by atoms with E-state index in [0.29, 0.717) is 30.9 Å². The minimum atomic E-state index is -3.45. The van der Waals surface area contributed by atoms with Gasteiger partial charge in [-0.1, -0.05) is 12.1 Å². The van der Waals surface area contributed by atoms with Gasteiger partial charge < -0.3 is 9.64 Å². The molecule has 1 heterocycles. The number of carbonyl (C=O) groups is 1. The fourth-order valence-corrected chi connectivity index (χ4v) is 3.87. The van der Waals surface area contributed by atoms with Crippen LogP contribution in [0.15, 0.2) is 24.3 Å². The zero-order valence-electron chi connectivity index (χ0n) is 14.4. The van der Waals surface area contributed by atoms with Crippen LogP contribution in [-0.4, -0.2) is 51.7 Å². The highest BCUT2D eigenvalue weighted by Gasteiger charge is 2.22. The molecule has 0 radical (unpaired) electrons. The van der Waals surface area contributed by atoms with Crippen molar-refractivity contribution >= 4 is 21.6 Å². The summed E-state index contributed by atoms with van der Waals surface area (Å²) in [5, 5.41) is 0. The van der Waals surface area contributed by atoms with Crippen molar-refractivity contribution in [2.24, 2.45) is 0 Å². The highest BCUT2D eigenvalue weighted by Crippen LogP contribution is 2.30. The van der Waals surface area contributed by atoms with Crippen molar-refractivity contribution in [3.63, 3.8) is 0 Å². The number of ether oxygens (including phenoxy) is 1. The Morgan fingerprint density at radius 1 is 1.25 bits per heavy atom. The smallest absolute Gasteiger partial charge is 0.232 e. The first kappa shape index (κ1) is 18.6. The standard InChI is InChI=1S/C17H26N2O4S/c1-3-23-16-10-5-4-9-15(16)19(24(2,21)22)14-8-11-17(20)18-12-6-7-13-18/h4-5,9-10H,3,6-8,11-14H2,1-2H3. The molecule has 0 atom stereocenters. The number of amides is 1. The fourth-order valence-electron chi connectivity index (χ4n) is 2.90. The van der Waals surface area contributed by atoms with E-state index >= 15 is 0 Å². The number of benzene rings is 1. The summed E-state index contributed by atoms with van der Waals surface area (Å²) in [6.07, 6.45) is 4.15. The Labute approximate surface area is 144 Å². The third-order valence-corrected chi connectivity index (χ3v) is 5.22. The number of hydrogen-bond acceptors (Lipinski definition) is 4. The molecule has 6 nitrogen and oxygen atoms in total. The number of sulfonamides is 1. The van der Waals surface area contributed by atoms with E-state index in [1.165, 1.54) is 10.6 Å². The van der Waals surface area contributed by atoms with Gasteiger partial charge >= 0.3 is 0 Å². The molecule has 0 saturated carbocycles. The van der Waals surface area contributed by atoms with Crippen molar-refractivity contribution in [2.45, 2.75) is 32.6 Å². The topological polar surface area (TPSA) is 66.9 Å². The van der Waals surface area contributed by atoms with Crippen molar-refractivity contribution in [1.82, 2.24) is 4.90 Å². The van der Waals surface area contributed by atoms with Crippen LogP contribution in [-0.2, 0) is 14.8 Å². The van der Waals surface area contributed by atoms with E-state index < -0.39 is 10.0 Å². The first-order valence-corrected chi connectivity index (χ1v) is 10.3. The van der Waals surface area contributed by atoms with Crippen LogP contribution >= 0.6 is 0 Å². The Kier molecular flexibility index (Phi) is 6.48. The molecule has 24 heavy (non-hydrogen) atoms. The number of carbonyl (C=O) groups excluding carboxylic acids is 1. The van der Waals surface area contributed by atoms with Gasteiger partial charge in [0, 0.05) is 26.1 Å². The van der Waals surface area contributed by atoms with E-state index in [0.717, 1.165) is 25.9 Å². The van der Waals surface area contributed by atoms with Crippen molar-refractivity contribution < 1.29 is 17.9 Å². The number of nitrogens with zero attached hydrogens (tertiary/aromatic N) is 2. The third-order valence-electron chi connectivity index (χ3n) is 4.04. The van der Waals surface area contributed by atoms with Gasteiger partial charge in [0.15, 0.2) is 0 Å². The largest absolute Gasteiger partial charge is 0.492 e. The van der Waals surface area contributed by atoms with Crippen LogP contribution in [0, 0.1) is 0 Å². The van der Waals surface area contributed by atoms with Gasteiger partial charge in [0.05, 0.1) is 18.6 Å². The Hall–Kier alpha value is -1.76. The van der Waals surface area contributed by atoms with Gasteiger partial charge in [0.25, 0.3) is 0 Å². The maximum absolute atomic E-state index is 12.2. The summed E-state index contributed by atoms with van der Waals surface area (Å²) in [6, 6.07) is 7.08. The van der Waals surface area contributed by atoms with Gasteiger partial charge in [0.1, 0.15) is 5.75 Å². The van der Waals surface area contributed by atoms with Crippen LogP contribution in [0.3, 0.4) is 0 Å². The van der Waals surface area contributed by atoms with Gasteiger partial charge in [0.2, 0.25) is 15.9 Å². The zero-order valence-corrected chi connectivity index (χ0v) is 15.2. The molecule has 1 amide bonds. The average Bonchev–Trinajstić information content (AvgIpc) is 3.06. The second kappa shape index (κ2) is 8.37. The van der Waals surface area contributed by atoms with E-state index in [-0.39, 0.29) is 12.5 Å². The number of likely N-dealkylation sites (tertiary alicyclic amines) is 1. The number of hydrogen-bond donors (Lipinski definition) is 0. The molecule has 7 heteroatoms. The molecule has 1 fully saturated rings. The van der Waals surface area contributed by atoms with E-state index in [1.54, 1.807) is 18.2 Å². The van der Waals surface area contributed by atoms with Crippen LogP contribution in [0.2, 0.25) is 0 Å². The monoisotopic (exact) mass is 354 g/mol. The number of rotatable bonds is 8. The number of anilines is 1. The summed E-state index contributed by atoms with van der Waals surface area (Å²) in [4.78, 5) is 14.0. The van der Waals surface area contributed by atoms with Crippen LogP contribution in [0.25, 0.3) is 0 Å². The first-order valence-electron chi connectivity index (χ1n) is 8.40. The third kappa shape index (κ3) is 4.87. The van der Waals surface area contributed by atoms with E-state index in [4.69, 9.17) is 4.74 Å². The second-order valence-electron chi connectivity index (χ2n) is 5.93. The predicted molar refractivity (Wildman–Crippen MR) is 94.8 cm³/mol. The highest BCUT2D eigenvalue weighted by molar-refractivity contribution is 7.92. The zero-order chi connectivity index (χ0) is 17.6. The predicted octanol–water partition coefficient (Wildman–Crippen LogP) is 2.25. The molecule has 1 aliphatic rings. The van der Waals surface area contributed by atoms with Gasteiger partial charge in [-0.3, -0.25) is 9.10 Å². The number of para-hydroxylation sites is 2. The molecule has 0 bridgehead atoms. The summed E-state index contributed by atoms with van der Waals surface area (Å²) >= 11 is 0. The summed E-state index contributed by atoms with van der Waals surface area (Å²) < 4.78 is 31.3. The molecule has 2 rings (SSSR count). The van der Waals surface area contributed by atoms with Crippen LogP contribution in [0.4, 0.5) is 5.69 Å². The molecule has 1 aromatic carbocycles. The molecule has 1 aliphatic heterocycles. The molecule has 0 aromatic heterocycles. The molecule has 1 saturated heterocycles. The van der Waals surface area contributed by atoms with Crippen molar-refractivity contribution in [1.29, 1.82) is 0 Å². The minimum Gasteiger partial charge on any atom is -0.492 e. The summed E-state index contributed by atoms with van der Waals surface area (Å²) in [7, 11) is -3.45. The molecule has 134 valence electrons. The minimum absolute atomic E-state index is 0.110. The molecule has 0 N–H and O–H groups in total. The Balaban J connectivity index is 2.05. The molecule has 0 aliphatic carbocycles. The fraction of sp³-hybridized carbons (Fsp3) is 0.588. The van der Waals surface area contributed by atoms with Crippen molar-refractivity contribution in [3.05, 3.63) is 24.3 Å². The van der Waals surface area contributed by atoms with E-state index in [2.05, 4.69) is 0 Å². The summed E-state index contributed by atoms with van der Waals surface area (Å²) in [5.74, 6) is 0.648.